The first-order valence-electron chi connectivity index (χ1n) is 10.3. The highest BCUT2D eigenvalue weighted by atomic mass is 16.7. The third kappa shape index (κ3) is 14.2. The van der Waals surface area contributed by atoms with E-state index >= 15 is 0 Å². The first-order chi connectivity index (χ1) is 11.4. The van der Waals surface area contributed by atoms with E-state index < -0.39 is 5.60 Å². The van der Waals surface area contributed by atoms with Crippen molar-refractivity contribution in [3.63, 3.8) is 0 Å². The van der Waals surface area contributed by atoms with Crippen molar-refractivity contribution in [2.24, 2.45) is 5.92 Å². The fraction of sp³-hybridized carbons (Fsp3) is 1.00. The minimum Gasteiger partial charge on any atom is -0.390 e. The van der Waals surface area contributed by atoms with E-state index in [0.29, 0.717) is 13.2 Å². The number of hydrogen-bond donors (Lipinski definition) is 1. The van der Waals surface area contributed by atoms with Gasteiger partial charge in [-0.05, 0) is 26.2 Å². The number of ether oxygens (including phenoxy) is 2. The number of rotatable bonds is 17. The molecule has 0 aliphatic carbocycles. The Morgan fingerprint density at radius 1 is 0.833 bits per heavy atom. The van der Waals surface area contributed by atoms with E-state index in [1.807, 2.05) is 27.7 Å². The molecule has 1 N–H and O–H groups in total. The average molecular weight is 345 g/mol. The Labute approximate surface area is 151 Å². The lowest BCUT2D eigenvalue weighted by Crippen LogP contribution is -2.35. The van der Waals surface area contributed by atoms with Gasteiger partial charge in [0.2, 0.25) is 0 Å². The Hall–Kier alpha value is -0.120. The van der Waals surface area contributed by atoms with Crippen molar-refractivity contribution < 1.29 is 14.6 Å². The molecule has 0 aliphatic heterocycles. The van der Waals surface area contributed by atoms with E-state index in [1.54, 1.807) is 0 Å². The normalized spacial score (nSPS) is 15.6. The summed E-state index contributed by atoms with van der Waals surface area (Å²) in [7, 11) is 0. The molecule has 0 radical (unpaired) electrons. The van der Waals surface area contributed by atoms with Crippen LogP contribution in [-0.4, -0.2) is 30.2 Å². The van der Waals surface area contributed by atoms with Gasteiger partial charge < -0.3 is 14.6 Å². The van der Waals surface area contributed by atoms with Crippen LogP contribution in [0.2, 0.25) is 0 Å². The second-order valence-corrected chi connectivity index (χ2v) is 7.90. The molecule has 0 saturated heterocycles. The quantitative estimate of drug-likeness (QED) is 0.256. The van der Waals surface area contributed by atoms with Gasteiger partial charge in [0.25, 0.3) is 0 Å². The maximum atomic E-state index is 10.2. The summed E-state index contributed by atoms with van der Waals surface area (Å²) in [6, 6.07) is 0. The van der Waals surface area contributed by atoms with E-state index in [-0.39, 0.29) is 12.0 Å². The van der Waals surface area contributed by atoms with Gasteiger partial charge in [-0.15, -0.1) is 0 Å². The summed E-state index contributed by atoms with van der Waals surface area (Å²) in [5.74, 6) is 0.233. The van der Waals surface area contributed by atoms with Crippen LogP contribution in [0.3, 0.4) is 0 Å². The SMILES string of the molecule is CCCCCCCCCCCCOCOC(C)CC(C)(O)C(C)C. The number of unbranched alkanes of at least 4 members (excludes halogenated alkanes) is 9. The van der Waals surface area contributed by atoms with Gasteiger partial charge in [0.15, 0.2) is 0 Å². The highest BCUT2D eigenvalue weighted by molar-refractivity contribution is 4.78. The van der Waals surface area contributed by atoms with Gasteiger partial charge in [-0.1, -0.05) is 78.6 Å². The standard InChI is InChI=1S/C21H44O3/c1-6-7-8-9-10-11-12-13-14-15-16-23-18-24-20(4)17-21(5,22)19(2)3/h19-20,22H,6-18H2,1-5H3. The van der Waals surface area contributed by atoms with E-state index in [4.69, 9.17) is 9.47 Å². The molecule has 2 atom stereocenters. The highest BCUT2D eigenvalue weighted by Crippen LogP contribution is 2.23. The highest BCUT2D eigenvalue weighted by Gasteiger charge is 2.27. The maximum absolute atomic E-state index is 10.2. The molecule has 0 aromatic carbocycles. The third-order valence-corrected chi connectivity index (χ3v) is 5.02. The Balaban J connectivity index is 3.30. The summed E-state index contributed by atoms with van der Waals surface area (Å²) >= 11 is 0. The Morgan fingerprint density at radius 3 is 1.83 bits per heavy atom. The predicted molar refractivity (Wildman–Crippen MR) is 103 cm³/mol. The maximum Gasteiger partial charge on any atom is 0.147 e. The number of aliphatic hydroxyl groups is 1. The van der Waals surface area contributed by atoms with Crippen LogP contribution in [0.4, 0.5) is 0 Å². The lowest BCUT2D eigenvalue weighted by molar-refractivity contribution is -0.112. The van der Waals surface area contributed by atoms with Crippen LogP contribution in [0, 0.1) is 5.92 Å². The van der Waals surface area contributed by atoms with Gasteiger partial charge in [0.05, 0.1) is 11.7 Å². The molecule has 3 heteroatoms. The molecule has 0 fully saturated rings. The molecule has 24 heavy (non-hydrogen) atoms. The molecule has 0 rings (SSSR count). The summed E-state index contributed by atoms with van der Waals surface area (Å²) in [5.41, 5.74) is -0.671. The molecule has 0 amide bonds. The number of hydrogen-bond acceptors (Lipinski definition) is 3. The Morgan fingerprint density at radius 2 is 1.33 bits per heavy atom. The van der Waals surface area contributed by atoms with Crippen molar-refractivity contribution in [3.8, 4) is 0 Å². The van der Waals surface area contributed by atoms with Crippen molar-refractivity contribution in [3.05, 3.63) is 0 Å². The van der Waals surface area contributed by atoms with Crippen LogP contribution in [0.5, 0.6) is 0 Å². The molecule has 0 heterocycles. The first kappa shape index (κ1) is 23.9. The molecule has 3 nitrogen and oxygen atoms in total. The molecule has 0 aliphatic rings. The fourth-order valence-corrected chi connectivity index (χ4v) is 2.79. The summed E-state index contributed by atoms with van der Waals surface area (Å²) in [6.45, 7) is 11.3. The average Bonchev–Trinajstić information content (AvgIpc) is 2.51. The largest absolute Gasteiger partial charge is 0.390 e. The van der Waals surface area contributed by atoms with E-state index in [2.05, 4.69) is 6.92 Å². The molecule has 0 bridgehead atoms. The third-order valence-electron chi connectivity index (χ3n) is 5.02. The fourth-order valence-electron chi connectivity index (χ4n) is 2.79. The zero-order chi connectivity index (χ0) is 18.3. The summed E-state index contributed by atoms with van der Waals surface area (Å²) in [4.78, 5) is 0. The minimum atomic E-state index is -0.671. The lowest BCUT2D eigenvalue weighted by Gasteiger charge is -2.30. The zero-order valence-corrected chi connectivity index (χ0v) is 17.1. The molecule has 146 valence electrons. The topological polar surface area (TPSA) is 38.7 Å². The van der Waals surface area contributed by atoms with Gasteiger partial charge >= 0.3 is 0 Å². The first-order valence-corrected chi connectivity index (χ1v) is 10.3. The molecule has 0 saturated carbocycles. The van der Waals surface area contributed by atoms with Crippen LogP contribution in [0.15, 0.2) is 0 Å². The molecular weight excluding hydrogens is 300 g/mol. The van der Waals surface area contributed by atoms with Gasteiger partial charge in [-0.2, -0.15) is 0 Å². The smallest absolute Gasteiger partial charge is 0.147 e. The van der Waals surface area contributed by atoms with Crippen molar-refractivity contribution in [1.29, 1.82) is 0 Å². The van der Waals surface area contributed by atoms with E-state index in [9.17, 15) is 5.11 Å². The zero-order valence-electron chi connectivity index (χ0n) is 17.1. The molecule has 2 unspecified atom stereocenters. The molecular formula is C21H44O3. The molecule has 0 aromatic rings. The summed E-state index contributed by atoms with van der Waals surface area (Å²) < 4.78 is 11.2. The van der Waals surface area contributed by atoms with Crippen molar-refractivity contribution >= 4 is 0 Å². The summed E-state index contributed by atoms with van der Waals surface area (Å²) in [6.07, 6.45) is 14.1. The minimum absolute atomic E-state index is 0.0232. The van der Waals surface area contributed by atoms with Crippen LogP contribution < -0.4 is 0 Å². The van der Waals surface area contributed by atoms with E-state index in [0.717, 1.165) is 13.0 Å². The van der Waals surface area contributed by atoms with Crippen LogP contribution in [0.1, 0.15) is 105 Å². The summed E-state index contributed by atoms with van der Waals surface area (Å²) in [5, 5.41) is 10.2. The van der Waals surface area contributed by atoms with Crippen LogP contribution in [0.25, 0.3) is 0 Å². The van der Waals surface area contributed by atoms with Crippen LogP contribution >= 0.6 is 0 Å². The monoisotopic (exact) mass is 344 g/mol. The predicted octanol–water partition coefficient (Wildman–Crippen LogP) is 6.08. The van der Waals surface area contributed by atoms with Crippen molar-refractivity contribution in [1.82, 2.24) is 0 Å². The molecule has 0 spiro atoms. The van der Waals surface area contributed by atoms with E-state index in [1.165, 1.54) is 57.8 Å². The van der Waals surface area contributed by atoms with Crippen molar-refractivity contribution in [2.75, 3.05) is 13.4 Å². The van der Waals surface area contributed by atoms with Gasteiger partial charge in [-0.25, -0.2) is 0 Å². The van der Waals surface area contributed by atoms with Crippen LogP contribution in [-0.2, 0) is 9.47 Å². The Kier molecular flexibility index (Phi) is 15.1. The van der Waals surface area contributed by atoms with Gasteiger partial charge in [0.1, 0.15) is 6.79 Å². The molecule has 0 aromatic heterocycles. The van der Waals surface area contributed by atoms with Crippen molar-refractivity contribution in [2.45, 2.75) is 117 Å². The lowest BCUT2D eigenvalue weighted by atomic mass is 9.87. The van der Waals surface area contributed by atoms with Gasteiger partial charge in [-0.3, -0.25) is 0 Å². The second-order valence-electron chi connectivity index (χ2n) is 7.90. The van der Waals surface area contributed by atoms with Gasteiger partial charge in [0, 0.05) is 13.0 Å². The Bertz CT molecular complexity index is 264. The second kappa shape index (κ2) is 15.2.